The lowest BCUT2D eigenvalue weighted by Crippen LogP contribution is -2.03. The standard InChI is InChI=1S/C16H16N4/c1-2-7-19-16-11-18-10-15(20-16)13-5-3-4-12-6-8-17-9-14(12)13/h3-6,8-11H,2,7H2,1H3,(H,19,20). The van der Waals surface area contributed by atoms with Crippen molar-refractivity contribution in [3.8, 4) is 11.3 Å². The van der Waals surface area contributed by atoms with Gasteiger partial charge in [-0.05, 0) is 17.9 Å². The number of hydrogen-bond donors (Lipinski definition) is 1. The Morgan fingerprint density at radius 2 is 2.00 bits per heavy atom. The van der Waals surface area contributed by atoms with Gasteiger partial charge in [-0.1, -0.05) is 25.1 Å². The molecule has 2 heterocycles. The molecule has 4 nitrogen and oxygen atoms in total. The Morgan fingerprint density at radius 1 is 1.05 bits per heavy atom. The molecule has 100 valence electrons. The summed E-state index contributed by atoms with van der Waals surface area (Å²) in [6.07, 6.45) is 8.28. The molecule has 0 saturated carbocycles. The molecule has 3 rings (SSSR count). The summed E-state index contributed by atoms with van der Waals surface area (Å²) in [5, 5.41) is 5.52. The molecule has 0 radical (unpaired) electrons. The topological polar surface area (TPSA) is 50.7 Å². The predicted octanol–water partition coefficient (Wildman–Crippen LogP) is 3.51. The molecule has 0 spiro atoms. The fourth-order valence-electron chi connectivity index (χ4n) is 2.17. The highest BCUT2D eigenvalue weighted by Gasteiger charge is 2.06. The lowest BCUT2D eigenvalue weighted by atomic mass is 10.0. The molecular formula is C16H16N4. The smallest absolute Gasteiger partial charge is 0.145 e. The van der Waals surface area contributed by atoms with Crippen molar-refractivity contribution >= 4 is 16.6 Å². The van der Waals surface area contributed by atoms with Gasteiger partial charge in [0.2, 0.25) is 0 Å². The van der Waals surface area contributed by atoms with Crippen LogP contribution in [0.4, 0.5) is 5.82 Å². The van der Waals surface area contributed by atoms with E-state index in [9.17, 15) is 0 Å². The molecule has 0 saturated heterocycles. The van der Waals surface area contributed by atoms with Crippen LogP contribution in [-0.4, -0.2) is 21.5 Å². The first-order valence-corrected chi connectivity index (χ1v) is 6.77. The SMILES string of the molecule is CCCNc1cncc(-c2cccc3ccncc23)n1. The summed E-state index contributed by atoms with van der Waals surface area (Å²) in [6.45, 7) is 3.02. The fraction of sp³-hybridized carbons (Fsp3) is 0.188. The molecule has 3 aromatic rings. The van der Waals surface area contributed by atoms with Gasteiger partial charge in [0.25, 0.3) is 0 Å². The Bertz CT molecular complexity index is 719. The molecule has 0 aliphatic heterocycles. The van der Waals surface area contributed by atoms with Crippen molar-refractivity contribution in [1.82, 2.24) is 15.0 Å². The van der Waals surface area contributed by atoms with Crippen LogP contribution in [0.15, 0.2) is 49.1 Å². The van der Waals surface area contributed by atoms with E-state index in [0.29, 0.717) is 0 Å². The van der Waals surface area contributed by atoms with Gasteiger partial charge >= 0.3 is 0 Å². The second kappa shape index (κ2) is 5.65. The van der Waals surface area contributed by atoms with Gasteiger partial charge in [0.15, 0.2) is 0 Å². The van der Waals surface area contributed by atoms with Crippen molar-refractivity contribution in [2.45, 2.75) is 13.3 Å². The molecular weight excluding hydrogens is 248 g/mol. The zero-order chi connectivity index (χ0) is 13.8. The lowest BCUT2D eigenvalue weighted by Gasteiger charge is -2.08. The average Bonchev–Trinajstić information content (AvgIpc) is 2.52. The first-order valence-electron chi connectivity index (χ1n) is 6.77. The molecule has 1 N–H and O–H groups in total. The van der Waals surface area contributed by atoms with Gasteiger partial charge in [0.1, 0.15) is 5.82 Å². The summed E-state index contributed by atoms with van der Waals surface area (Å²) >= 11 is 0. The van der Waals surface area contributed by atoms with E-state index in [-0.39, 0.29) is 0 Å². The summed E-state index contributed by atoms with van der Waals surface area (Å²) in [4.78, 5) is 13.1. The molecule has 0 aliphatic carbocycles. The van der Waals surface area contributed by atoms with Crippen molar-refractivity contribution in [3.63, 3.8) is 0 Å². The van der Waals surface area contributed by atoms with Crippen LogP contribution in [0.3, 0.4) is 0 Å². The molecule has 20 heavy (non-hydrogen) atoms. The minimum Gasteiger partial charge on any atom is -0.369 e. The second-order valence-electron chi connectivity index (χ2n) is 4.62. The van der Waals surface area contributed by atoms with E-state index < -0.39 is 0 Å². The molecule has 0 amide bonds. The number of nitrogens with zero attached hydrogens (tertiary/aromatic N) is 3. The average molecular weight is 264 g/mol. The minimum absolute atomic E-state index is 0.810. The van der Waals surface area contributed by atoms with Crippen LogP contribution in [-0.2, 0) is 0 Å². The fourth-order valence-corrected chi connectivity index (χ4v) is 2.17. The van der Waals surface area contributed by atoms with Crippen LogP contribution in [0, 0.1) is 0 Å². The summed E-state index contributed by atoms with van der Waals surface area (Å²) < 4.78 is 0. The summed E-state index contributed by atoms with van der Waals surface area (Å²) in [5.41, 5.74) is 1.92. The second-order valence-corrected chi connectivity index (χ2v) is 4.62. The number of rotatable bonds is 4. The largest absolute Gasteiger partial charge is 0.369 e. The maximum Gasteiger partial charge on any atom is 0.145 e. The zero-order valence-electron chi connectivity index (χ0n) is 11.4. The number of pyridine rings is 1. The van der Waals surface area contributed by atoms with Crippen molar-refractivity contribution in [3.05, 3.63) is 49.1 Å². The lowest BCUT2D eigenvalue weighted by molar-refractivity contribution is 0.965. The monoisotopic (exact) mass is 264 g/mol. The third-order valence-electron chi connectivity index (χ3n) is 3.15. The number of anilines is 1. The molecule has 1 aromatic carbocycles. The molecule has 0 bridgehead atoms. The minimum atomic E-state index is 0.810. The van der Waals surface area contributed by atoms with Gasteiger partial charge < -0.3 is 5.32 Å². The molecule has 2 aromatic heterocycles. The maximum atomic E-state index is 4.63. The first-order chi connectivity index (χ1) is 9.88. The Labute approximate surface area is 117 Å². The van der Waals surface area contributed by atoms with Crippen molar-refractivity contribution in [2.24, 2.45) is 0 Å². The van der Waals surface area contributed by atoms with Crippen LogP contribution >= 0.6 is 0 Å². The van der Waals surface area contributed by atoms with Crippen LogP contribution in [0.1, 0.15) is 13.3 Å². The predicted molar refractivity (Wildman–Crippen MR) is 81.5 cm³/mol. The highest BCUT2D eigenvalue weighted by molar-refractivity contribution is 5.95. The van der Waals surface area contributed by atoms with E-state index >= 15 is 0 Å². The van der Waals surface area contributed by atoms with Crippen LogP contribution in [0.25, 0.3) is 22.0 Å². The van der Waals surface area contributed by atoms with Gasteiger partial charge in [-0.2, -0.15) is 0 Å². The Morgan fingerprint density at radius 3 is 2.90 bits per heavy atom. The number of hydrogen-bond acceptors (Lipinski definition) is 4. The van der Waals surface area contributed by atoms with Gasteiger partial charge in [-0.15, -0.1) is 0 Å². The van der Waals surface area contributed by atoms with E-state index in [1.54, 1.807) is 18.6 Å². The zero-order valence-corrected chi connectivity index (χ0v) is 11.4. The third kappa shape index (κ3) is 2.45. The van der Waals surface area contributed by atoms with Crippen LogP contribution in [0.5, 0.6) is 0 Å². The Hall–Kier alpha value is -2.49. The first kappa shape index (κ1) is 12.5. The Kier molecular flexibility index (Phi) is 3.54. The summed E-state index contributed by atoms with van der Waals surface area (Å²) in [6, 6.07) is 8.17. The van der Waals surface area contributed by atoms with E-state index in [2.05, 4.69) is 39.3 Å². The summed E-state index contributed by atoms with van der Waals surface area (Å²) in [7, 11) is 0. The van der Waals surface area contributed by atoms with Crippen LogP contribution in [0.2, 0.25) is 0 Å². The molecule has 4 heteroatoms. The Balaban J connectivity index is 2.06. The summed E-state index contributed by atoms with van der Waals surface area (Å²) in [5.74, 6) is 0.810. The van der Waals surface area contributed by atoms with E-state index in [4.69, 9.17) is 0 Å². The maximum absolute atomic E-state index is 4.63. The van der Waals surface area contributed by atoms with Gasteiger partial charge in [-0.25, -0.2) is 4.98 Å². The molecule has 0 unspecified atom stereocenters. The van der Waals surface area contributed by atoms with Crippen molar-refractivity contribution < 1.29 is 0 Å². The number of aromatic nitrogens is 3. The van der Waals surface area contributed by atoms with Gasteiger partial charge in [0.05, 0.1) is 18.1 Å². The molecule has 0 atom stereocenters. The number of nitrogens with one attached hydrogen (secondary N) is 1. The number of benzene rings is 1. The highest BCUT2D eigenvalue weighted by Crippen LogP contribution is 2.26. The third-order valence-corrected chi connectivity index (χ3v) is 3.15. The number of fused-ring (bicyclic) bond motifs is 1. The quantitative estimate of drug-likeness (QED) is 0.783. The van der Waals surface area contributed by atoms with Crippen LogP contribution < -0.4 is 5.32 Å². The van der Waals surface area contributed by atoms with Gasteiger partial charge in [0, 0.05) is 29.9 Å². The molecule has 0 aliphatic rings. The van der Waals surface area contributed by atoms with E-state index in [0.717, 1.165) is 40.8 Å². The van der Waals surface area contributed by atoms with Gasteiger partial charge in [-0.3, -0.25) is 9.97 Å². The van der Waals surface area contributed by atoms with E-state index in [1.807, 2.05) is 18.3 Å². The van der Waals surface area contributed by atoms with E-state index in [1.165, 1.54) is 0 Å². The van der Waals surface area contributed by atoms with Crippen molar-refractivity contribution in [2.75, 3.05) is 11.9 Å². The normalized spacial score (nSPS) is 10.7. The molecule has 0 fully saturated rings. The van der Waals surface area contributed by atoms with Crippen molar-refractivity contribution in [1.29, 1.82) is 0 Å². The highest BCUT2D eigenvalue weighted by atomic mass is 15.0.